The van der Waals surface area contributed by atoms with Crippen LogP contribution in [0.5, 0.6) is 0 Å². The van der Waals surface area contributed by atoms with Gasteiger partial charge in [0.05, 0.1) is 0 Å². The third-order valence-corrected chi connectivity index (χ3v) is 1.81. The van der Waals surface area contributed by atoms with E-state index in [0.29, 0.717) is 0 Å². The molecule has 0 bridgehead atoms. The lowest BCUT2D eigenvalue weighted by Crippen LogP contribution is -2.56. The molecule has 2 heteroatoms. The Bertz CT molecular complexity index is 125. The van der Waals surface area contributed by atoms with Crippen LogP contribution >= 0.6 is 0 Å². The van der Waals surface area contributed by atoms with Crippen molar-refractivity contribution in [2.75, 3.05) is 0 Å². The first-order valence-corrected chi connectivity index (χ1v) is 4.52. The molecule has 0 heterocycles. The van der Waals surface area contributed by atoms with Gasteiger partial charge >= 0.3 is 0 Å². The minimum atomic E-state index is -0.648. The molecule has 0 rings (SSSR count). The Morgan fingerprint density at radius 2 is 1.17 bits per heavy atom. The van der Waals surface area contributed by atoms with Crippen LogP contribution in [0.4, 0.5) is 0 Å². The van der Waals surface area contributed by atoms with Crippen molar-refractivity contribution in [1.82, 2.24) is 4.90 Å². The van der Waals surface area contributed by atoms with Crippen LogP contribution in [0.3, 0.4) is 0 Å². The zero-order valence-electron chi connectivity index (χ0n) is 9.43. The molecule has 73 valence electrons. The fraction of sp³-hybridized carbons (Fsp3) is 1.00. The highest BCUT2D eigenvalue weighted by Gasteiger charge is 2.34. The van der Waals surface area contributed by atoms with E-state index < -0.39 is 6.23 Å². The maximum atomic E-state index is 11.4. The Hall–Kier alpha value is -0.0800. The van der Waals surface area contributed by atoms with Gasteiger partial charge in [0.1, 0.15) is 6.23 Å². The lowest BCUT2D eigenvalue weighted by molar-refractivity contribution is -0.125. The summed E-state index contributed by atoms with van der Waals surface area (Å²) in [7, 11) is 0. The molecule has 1 atom stereocenters. The monoisotopic (exact) mass is 172 g/mol. The van der Waals surface area contributed by atoms with Crippen molar-refractivity contribution in [3.63, 3.8) is 0 Å². The second kappa shape index (κ2) is 3.35. The van der Waals surface area contributed by atoms with Gasteiger partial charge in [-0.3, -0.25) is 4.90 Å². The van der Waals surface area contributed by atoms with E-state index in [0.717, 1.165) is 0 Å². The first kappa shape index (κ1) is 11.9. The number of hydrogen-bond acceptors (Lipinski definition) is 1. The Balaban J connectivity index is 4.70. The van der Waals surface area contributed by atoms with Crippen LogP contribution in [0, 0.1) is 0 Å². The second-order valence-electron chi connectivity index (χ2n) is 5.31. The van der Waals surface area contributed by atoms with E-state index in [-0.39, 0.29) is 11.1 Å². The van der Waals surface area contributed by atoms with Gasteiger partial charge in [-0.15, -0.1) is 0 Å². The predicted molar refractivity (Wildman–Crippen MR) is 51.5 cm³/mol. The summed E-state index contributed by atoms with van der Waals surface area (Å²) in [5, 5.41) is 11.4. The summed E-state index contributed by atoms with van der Waals surface area (Å²) in [4.78, 5) is 1.99. The standard InChI is InChI=1S/C10H22NO/c1-8(12)11(9(2,3)4)10(5,6)7/h8H,1-7H3. The largest absolute Gasteiger partial charge is 0.266 e. The van der Waals surface area contributed by atoms with E-state index in [1.807, 2.05) is 4.90 Å². The van der Waals surface area contributed by atoms with Crippen LogP contribution in [0.2, 0.25) is 0 Å². The van der Waals surface area contributed by atoms with Gasteiger partial charge in [-0.25, -0.2) is 5.11 Å². The van der Waals surface area contributed by atoms with E-state index >= 15 is 0 Å². The zero-order chi connectivity index (χ0) is 10.2. The van der Waals surface area contributed by atoms with Crippen LogP contribution < -0.4 is 0 Å². The third kappa shape index (κ3) is 3.11. The summed E-state index contributed by atoms with van der Waals surface area (Å²) >= 11 is 0. The first-order valence-electron chi connectivity index (χ1n) is 4.52. The molecule has 0 aliphatic rings. The van der Waals surface area contributed by atoms with Crippen LogP contribution in [0.1, 0.15) is 48.5 Å². The molecule has 0 aliphatic carbocycles. The molecule has 0 spiro atoms. The maximum Gasteiger partial charge on any atom is 0.144 e. The molecule has 0 amide bonds. The second-order valence-corrected chi connectivity index (χ2v) is 5.31. The molecule has 0 aromatic heterocycles. The van der Waals surface area contributed by atoms with Crippen molar-refractivity contribution in [3.05, 3.63) is 0 Å². The molecule has 0 aliphatic heterocycles. The summed E-state index contributed by atoms with van der Waals surface area (Å²) < 4.78 is 0. The minimum absolute atomic E-state index is 0.0561. The quantitative estimate of drug-likeness (QED) is 0.558. The van der Waals surface area contributed by atoms with Crippen LogP contribution in [-0.4, -0.2) is 22.2 Å². The molecular formula is C10H22NO. The maximum absolute atomic E-state index is 11.4. The van der Waals surface area contributed by atoms with Crippen molar-refractivity contribution in [3.8, 4) is 0 Å². The Kier molecular flexibility index (Phi) is 3.32. The lowest BCUT2D eigenvalue weighted by atomic mass is 9.96. The van der Waals surface area contributed by atoms with Gasteiger partial charge in [0.2, 0.25) is 0 Å². The molecule has 0 aromatic rings. The van der Waals surface area contributed by atoms with Crippen LogP contribution in [0.25, 0.3) is 0 Å². The van der Waals surface area contributed by atoms with Gasteiger partial charge in [0, 0.05) is 11.1 Å². The highest BCUT2D eigenvalue weighted by Crippen LogP contribution is 2.26. The van der Waals surface area contributed by atoms with Crippen LogP contribution in [-0.2, 0) is 5.11 Å². The van der Waals surface area contributed by atoms with E-state index in [4.69, 9.17) is 0 Å². The molecule has 2 nitrogen and oxygen atoms in total. The molecule has 0 fully saturated rings. The van der Waals surface area contributed by atoms with Gasteiger partial charge in [-0.1, -0.05) is 0 Å². The topological polar surface area (TPSA) is 23.1 Å². The summed E-state index contributed by atoms with van der Waals surface area (Å²) in [5.74, 6) is 0. The van der Waals surface area contributed by atoms with Gasteiger partial charge in [-0.05, 0) is 48.5 Å². The third-order valence-electron chi connectivity index (χ3n) is 1.81. The van der Waals surface area contributed by atoms with E-state index in [1.165, 1.54) is 0 Å². The van der Waals surface area contributed by atoms with Gasteiger partial charge < -0.3 is 0 Å². The van der Waals surface area contributed by atoms with Crippen molar-refractivity contribution >= 4 is 0 Å². The molecule has 0 saturated heterocycles. The van der Waals surface area contributed by atoms with Gasteiger partial charge in [-0.2, -0.15) is 0 Å². The summed E-state index contributed by atoms with van der Waals surface area (Å²) in [6, 6.07) is 0. The fourth-order valence-corrected chi connectivity index (χ4v) is 2.10. The van der Waals surface area contributed by atoms with E-state index in [9.17, 15) is 5.11 Å². The number of hydrogen-bond donors (Lipinski definition) is 0. The van der Waals surface area contributed by atoms with Gasteiger partial charge in [0.25, 0.3) is 0 Å². The minimum Gasteiger partial charge on any atom is -0.266 e. The fourth-order valence-electron chi connectivity index (χ4n) is 2.10. The summed E-state index contributed by atoms with van der Waals surface area (Å²) in [6.07, 6.45) is -0.648. The Morgan fingerprint density at radius 3 is 1.17 bits per heavy atom. The highest BCUT2D eigenvalue weighted by atomic mass is 16.3. The predicted octanol–water partition coefficient (Wildman–Crippen LogP) is 2.66. The average Bonchev–Trinajstić information content (AvgIpc) is 1.49. The van der Waals surface area contributed by atoms with Gasteiger partial charge in [0.15, 0.2) is 0 Å². The molecular weight excluding hydrogens is 150 g/mol. The number of rotatable bonds is 1. The smallest absolute Gasteiger partial charge is 0.144 e. The van der Waals surface area contributed by atoms with E-state index in [1.54, 1.807) is 6.92 Å². The van der Waals surface area contributed by atoms with Crippen molar-refractivity contribution < 1.29 is 5.11 Å². The summed E-state index contributed by atoms with van der Waals surface area (Å²) in [5.41, 5.74) is -0.112. The average molecular weight is 172 g/mol. The molecule has 0 aromatic carbocycles. The number of nitrogens with zero attached hydrogens (tertiary/aromatic N) is 1. The normalized spacial score (nSPS) is 16.8. The molecule has 1 radical (unpaired) electrons. The first-order chi connectivity index (χ1) is 5.07. The van der Waals surface area contributed by atoms with Crippen LogP contribution in [0.15, 0.2) is 0 Å². The molecule has 0 saturated carbocycles. The Labute approximate surface area is 76.6 Å². The molecule has 1 unspecified atom stereocenters. The van der Waals surface area contributed by atoms with Crippen molar-refractivity contribution in [2.45, 2.75) is 65.8 Å². The SMILES string of the molecule is CC([O])N(C(C)(C)C)C(C)(C)C. The Morgan fingerprint density at radius 1 is 0.917 bits per heavy atom. The van der Waals surface area contributed by atoms with Crippen molar-refractivity contribution in [1.29, 1.82) is 0 Å². The highest BCUT2D eigenvalue weighted by molar-refractivity contribution is 4.87. The molecule has 12 heavy (non-hydrogen) atoms. The lowest BCUT2D eigenvalue weighted by Gasteiger charge is -2.46. The summed E-state index contributed by atoms with van der Waals surface area (Å²) in [6.45, 7) is 14.2. The van der Waals surface area contributed by atoms with Crippen molar-refractivity contribution in [2.24, 2.45) is 0 Å². The molecule has 0 N–H and O–H groups in total. The van der Waals surface area contributed by atoms with E-state index in [2.05, 4.69) is 41.5 Å². The zero-order valence-corrected chi connectivity index (χ0v) is 9.43.